The normalized spacial score (nSPS) is 10.9. The Bertz CT molecular complexity index is 658. The van der Waals surface area contributed by atoms with Gasteiger partial charge in [-0.15, -0.1) is 34.2 Å². The number of hydrogen-bond acceptors (Lipinski definition) is 4. The molecule has 0 radical (unpaired) electrons. The summed E-state index contributed by atoms with van der Waals surface area (Å²) in [6.45, 7) is 4.43. The third-order valence-electron chi connectivity index (χ3n) is 3.76. The van der Waals surface area contributed by atoms with Gasteiger partial charge in [-0.2, -0.15) is 0 Å². The summed E-state index contributed by atoms with van der Waals surface area (Å²) >= 11 is 0. The molecule has 0 fully saturated rings. The molecule has 0 atom stereocenters. The van der Waals surface area contributed by atoms with Crippen molar-refractivity contribution in [2.24, 2.45) is 4.99 Å². The van der Waals surface area contributed by atoms with Gasteiger partial charge in [0.25, 0.3) is 0 Å². The quantitative estimate of drug-likeness (QED) is 0.359. The average molecular weight is 458 g/mol. The van der Waals surface area contributed by atoms with E-state index < -0.39 is 0 Å². The molecule has 2 rings (SSSR count). The Labute approximate surface area is 166 Å². The number of hydrogen-bond donors (Lipinski definition) is 2. The maximum absolute atomic E-state index is 5.37. The molecule has 0 aliphatic heterocycles. The van der Waals surface area contributed by atoms with Crippen LogP contribution in [0.25, 0.3) is 0 Å². The highest BCUT2D eigenvalue weighted by Gasteiger charge is 2.04. The SMILES string of the molecule is CCc1nncn1CCNC(=NC)NCCc1ccccc1OC.I. The summed E-state index contributed by atoms with van der Waals surface area (Å²) in [4.78, 5) is 4.25. The highest BCUT2D eigenvalue weighted by Crippen LogP contribution is 2.17. The molecule has 1 aromatic heterocycles. The van der Waals surface area contributed by atoms with E-state index in [4.69, 9.17) is 4.74 Å². The largest absolute Gasteiger partial charge is 0.496 e. The highest BCUT2D eigenvalue weighted by atomic mass is 127. The standard InChI is InChI=1S/C17H26N6O.HI/c1-4-16-22-21-13-23(16)12-11-20-17(18-2)19-10-9-14-7-5-6-8-15(14)24-3;/h5-8,13H,4,9-12H2,1-3H3,(H2,18,19,20);1H. The van der Waals surface area contributed by atoms with Crippen LogP contribution < -0.4 is 15.4 Å². The van der Waals surface area contributed by atoms with Crippen LogP contribution in [0.2, 0.25) is 0 Å². The zero-order chi connectivity index (χ0) is 17.2. The molecule has 8 heteroatoms. The van der Waals surface area contributed by atoms with E-state index in [1.165, 1.54) is 5.56 Å². The van der Waals surface area contributed by atoms with Crippen LogP contribution in [0.5, 0.6) is 5.75 Å². The van der Waals surface area contributed by atoms with E-state index in [9.17, 15) is 0 Å². The van der Waals surface area contributed by atoms with Gasteiger partial charge >= 0.3 is 0 Å². The van der Waals surface area contributed by atoms with Crippen molar-refractivity contribution in [2.75, 3.05) is 27.2 Å². The smallest absolute Gasteiger partial charge is 0.191 e. The van der Waals surface area contributed by atoms with Gasteiger partial charge in [0.2, 0.25) is 0 Å². The van der Waals surface area contributed by atoms with Crippen molar-refractivity contribution in [1.82, 2.24) is 25.4 Å². The molecule has 0 bridgehead atoms. The van der Waals surface area contributed by atoms with E-state index in [0.717, 1.165) is 50.0 Å². The topological polar surface area (TPSA) is 76.4 Å². The Morgan fingerprint density at radius 2 is 2.00 bits per heavy atom. The van der Waals surface area contributed by atoms with Gasteiger partial charge in [-0.1, -0.05) is 25.1 Å². The summed E-state index contributed by atoms with van der Waals surface area (Å²) < 4.78 is 7.42. The number of aryl methyl sites for hydroxylation is 1. The molecular weight excluding hydrogens is 431 g/mol. The number of nitrogens with one attached hydrogen (secondary N) is 2. The maximum atomic E-state index is 5.37. The van der Waals surface area contributed by atoms with Crippen LogP contribution in [0.1, 0.15) is 18.3 Å². The van der Waals surface area contributed by atoms with Crippen LogP contribution in [0, 0.1) is 0 Å². The minimum Gasteiger partial charge on any atom is -0.496 e. The first kappa shape index (κ1) is 21.2. The number of para-hydroxylation sites is 1. The molecule has 0 aliphatic carbocycles. The number of ether oxygens (including phenoxy) is 1. The molecule has 2 N–H and O–H groups in total. The summed E-state index contributed by atoms with van der Waals surface area (Å²) in [6, 6.07) is 8.06. The van der Waals surface area contributed by atoms with E-state index >= 15 is 0 Å². The fourth-order valence-electron chi connectivity index (χ4n) is 2.48. The number of halogens is 1. The van der Waals surface area contributed by atoms with Gasteiger partial charge in [0, 0.05) is 33.1 Å². The summed E-state index contributed by atoms with van der Waals surface area (Å²) in [5.41, 5.74) is 1.18. The maximum Gasteiger partial charge on any atom is 0.191 e. The van der Waals surface area contributed by atoms with Gasteiger partial charge in [0.15, 0.2) is 5.96 Å². The summed E-state index contributed by atoms with van der Waals surface area (Å²) in [5.74, 6) is 2.70. The number of aliphatic imine (C=N–C) groups is 1. The third-order valence-corrected chi connectivity index (χ3v) is 3.76. The van der Waals surface area contributed by atoms with Crippen molar-refractivity contribution < 1.29 is 4.74 Å². The van der Waals surface area contributed by atoms with Crippen molar-refractivity contribution in [3.05, 3.63) is 42.0 Å². The number of methoxy groups -OCH3 is 1. The molecule has 0 saturated heterocycles. The lowest BCUT2D eigenvalue weighted by atomic mass is 10.1. The number of aromatic nitrogens is 3. The fourth-order valence-corrected chi connectivity index (χ4v) is 2.48. The predicted octanol–water partition coefficient (Wildman–Crippen LogP) is 1.87. The van der Waals surface area contributed by atoms with Crippen LogP contribution in [-0.4, -0.2) is 48.0 Å². The van der Waals surface area contributed by atoms with Crippen LogP contribution in [0.3, 0.4) is 0 Å². The van der Waals surface area contributed by atoms with Gasteiger partial charge < -0.3 is 19.9 Å². The van der Waals surface area contributed by atoms with Gasteiger partial charge in [0.1, 0.15) is 17.9 Å². The first-order valence-corrected chi connectivity index (χ1v) is 8.21. The number of benzene rings is 1. The van der Waals surface area contributed by atoms with Gasteiger partial charge in [0.05, 0.1) is 7.11 Å². The third kappa shape index (κ3) is 6.52. The summed E-state index contributed by atoms with van der Waals surface area (Å²) in [7, 11) is 3.47. The molecule has 0 amide bonds. The minimum absolute atomic E-state index is 0. The van der Waals surface area contributed by atoms with Crippen molar-refractivity contribution in [2.45, 2.75) is 26.3 Å². The van der Waals surface area contributed by atoms with Crippen molar-refractivity contribution in [3.8, 4) is 5.75 Å². The monoisotopic (exact) mass is 458 g/mol. The van der Waals surface area contributed by atoms with Crippen LogP contribution >= 0.6 is 24.0 Å². The second kappa shape index (κ2) is 11.7. The molecule has 0 spiro atoms. The van der Waals surface area contributed by atoms with E-state index in [-0.39, 0.29) is 24.0 Å². The summed E-state index contributed by atoms with van der Waals surface area (Å²) in [5, 5.41) is 14.6. The van der Waals surface area contributed by atoms with Crippen molar-refractivity contribution in [1.29, 1.82) is 0 Å². The molecule has 0 unspecified atom stereocenters. The Balaban J connectivity index is 0.00000312. The minimum atomic E-state index is 0. The molecule has 1 aromatic carbocycles. The van der Waals surface area contributed by atoms with E-state index in [1.54, 1.807) is 20.5 Å². The van der Waals surface area contributed by atoms with Crippen LogP contribution in [0.4, 0.5) is 0 Å². The molecule has 25 heavy (non-hydrogen) atoms. The Morgan fingerprint density at radius 1 is 1.24 bits per heavy atom. The lowest BCUT2D eigenvalue weighted by Crippen LogP contribution is -2.39. The van der Waals surface area contributed by atoms with E-state index in [1.807, 2.05) is 18.2 Å². The molecule has 1 heterocycles. The Morgan fingerprint density at radius 3 is 2.72 bits per heavy atom. The molecule has 0 saturated carbocycles. The van der Waals surface area contributed by atoms with Gasteiger partial charge in [-0.25, -0.2) is 0 Å². The predicted molar refractivity (Wildman–Crippen MR) is 111 cm³/mol. The van der Waals surface area contributed by atoms with E-state index in [0.29, 0.717) is 0 Å². The second-order valence-electron chi connectivity index (χ2n) is 5.28. The van der Waals surface area contributed by atoms with Crippen LogP contribution in [-0.2, 0) is 19.4 Å². The van der Waals surface area contributed by atoms with Crippen molar-refractivity contribution >= 4 is 29.9 Å². The molecule has 138 valence electrons. The molecule has 7 nitrogen and oxygen atoms in total. The zero-order valence-corrected chi connectivity index (χ0v) is 17.4. The van der Waals surface area contributed by atoms with Gasteiger partial charge in [-0.3, -0.25) is 4.99 Å². The number of nitrogens with zero attached hydrogens (tertiary/aromatic N) is 4. The first-order chi connectivity index (χ1) is 11.8. The zero-order valence-electron chi connectivity index (χ0n) is 15.0. The van der Waals surface area contributed by atoms with Crippen molar-refractivity contribution in [3.63, 3.8) is 0 Å². The second-order valence-corrected chi connectivity index (χ2v) is 5.28. The number of guanidine groups is 1. The van der Waals surface area contributed by atoms with Crippen LogP contribution in [0.15, 0.2) is 35.6 Å². The molecular formula is C17H27IN6O. The highest BCUT2D eigenvalue weighted by molar-refractivity contribution is 14.0. The molecule has 2 aromatic rings. The van der Waals surface area contributed by atoms with Gasteiger partial charge in [-0.05, 0) is 18.1 Å². The fraction of sp³-hybridized carbons (Fsp3) is 0.471. The summed E-state index contributed by atoms with van der Waals surface area (Å²) in [6.07, 6.45) is 3.51. The average Bonchev–Trinajstić information content (AvgIpc) is 3.08. The number of rotatable bonds is 8. The Kier molecular flexibility index (Phi) is 9.90. The molecule has 0 aliphatic rings. The Hall–Kier alpha value is -1.84. The first-order valence-electron chi connectivity index (χ1n) is 8.21. The lowest BCUT2D eigenvalue weighted by Gasteiger charge is -2.13. The lowest BCUT2D eigenvalue weighted by molar-refractivity contribution is 0.409. The van der Waals surface area contributed by atoms with E-state index in [2.05, 4.69) is 43.4 Å².